The second kappa shape index (κ2) is 3.11. The first kappa shape index (κ1) is 8.14. The van der Waals surface area contributed by atoms with E-state index in [0.29, 0.717) is 6.42 Å². The molecule has 0 aliphatic heterocycles. The molecule has 0 aliphatic rings. The average Bonchev–Trinajstić information content (AvgIpc) is 2.52. The topological polar surface area (TPSA) is 49.6 Å². The SMILES string of the molecule is Cc1cc(CC#N)c2nsnc2c1. The molecule has 0 spiro atoms. The normalized spacial score (nSPS) is 10.2. The third-order valence-corrected chi connectivity index (χ3v) is 2.40. The van der Waals surface area contributed by atoms with Gasteiger partial charge in [0, 0.05) is 0 Å². The van der Waals surface area contributed by atoms with Gasteiger partial charge in [-0.3, -0.25) is 0 Å². The Morgan fingerprint density at radius 1 is 1.46 bits per heavy atom. The molecule has 13 heavy (non-hydrogen) atoms. The van der Waals surface area contributed by atoms with Crippen molar-refractivity contribution in [3.05, 3.63) is 23.3 Å². The van der Waals surface area contributed by atoms with Crippen LogP contribution in [-0.2, 0) is 6.42 Å². The highest BCUT2D eigenvalue weighted by atomic mass is 32.1. The lowest BCUT2D eigenvalue weighted by Gasteiger charge is -1.97. The average molecular weight is 189 g/mol. The molecule has 0 saturated heterocycles. The first-order valence-corrected chi connectivity index (χ1v) is 4.63. The van der Waals surface area contributed by atoms with Crippen LogP contribution in [0.2, 0.25) is 0 Å². The van der Waals surface area contributed by atoms with Crippen LogP contribution < -0.4 is 0 Å². The van der Waals surface area contributed by atoms with Crippen LogP contribution >= 0.6 is 11.7 Å². The number of fused-ring (bicyclic) bond motifs is 1. The fourth-order valence-corrected chi connectivity index (χ4v) is 1.89. The molecular weight excluding hydrogens is 182 g/mol. The van der Waals surface area contributed by atoms with Gasteiger partial charge in [-0.15, -0.1) is 0 Å². The van der Waals surface area contributed by atoms with Gasteiger partial charge in [0.1, 0.15) is 11.0 Å². The summed E-state index contributed by atoms with van der Waals surface area (Å²) >= 11 is 1.19. The van der Waals surface area contributed by atoms with Crippen LogP contribution in [0.3, 0.4) is 0 Å². The van der Waals surface area contributed by atoms with Gasteiger partial charge in [-0.1, -0.05) is 6.07 Å². The number of nitrogens with zero attached hydrogens (tertiary/aromatic N) is 3. The maximum absolute atomic E-state index is 8.61. The van der Waals surface area contributed by atoms with E-state index in [1.165, 1.54) is 11.7 Å². The molecule has 1 aromatic carbocycles. The Bertz CT molecular complexity index is 481. The van der Waals surface area contributed by atoms with Gasteiger partial charge in [0.25, 0.3) is 0 Å². The lowest BCUT2D eigenvalue weighted by molar-refractivity contribution is 1.26. The molecule has 2 aromatic rings. The van der Waals surface area contributed by atoms with E-state index >= 15 is 0 Å². The number of nitriles is 1. The van der Waals surface area contributed by atoms with Crippen LogP contribution in [0.1, 0.15) is 11.1 Å². The van der Waals surface area contributed by atoms with Gasteiger partial charge in [-0.25, -0.2) is 0 Å². The summed E-state index contributed by atoms with van der Waals surface area (Å²) in [6, 6.07) is 6.11. The highest BCUT2D eigenvalue weighted by molar-refractivity contribution is 7.00. The molecule has 0 unspecified atom stereocenters. The molecule has 2 rings (SSSR count). The summed E-state index contributed by atoms with van der Waals surface area (Å²) in [5.74, 6) is 0. The monoisotopic (exact) mass is 189 g/mol. The van der Waals surface area contributed by atoms with Crippen molar-refractivity contribution < 1.29 is 0 Å². The van der Waals surface area contributed by atoms with Crippen molar-refractivity contribution in [2.24, 2.45) is 0 Å². The molecule has 4 heteroatoms. The second-order valence-electron chi connectivity index (χ2n) is 2.89. The Morgan fingerprint density at radius 2 is 2.31 bits per heavy atom. The van der Waals surface area contributed by atoms with Crippen molar-refractivity contribution in [3.8, 4) is 6.07 Å². The number of aromatic nitrogens is 2. The molecule has 0 amide bonds. The van der Waals surface area contributed by atoms with Crippen molar-refractivity contribution in [1.82, 2.24) is 8.75 Å². The van der Waals surface area contributed by atoms with Gasteiger partial charge in [-0.2, -0.15) is 14.0 Å². The molecule has 0 N–H and O–H groups in total. The Hall–Kier alpha value is -1.47. The van der Waals surface area contributed by atoms with Crippen LogP contribution in [0.15, 0.2) is 12.1 Å². The van der Waals surface area contributed by atoms with Crippen molar-refractivity contribution in [2.45, 2.75) is 13.3 Å². The zero-order chi connectivity index (χ0) is 9.26. The van der Waals surface area contributed by atoms with Gasteiger partial charge in [0.15, 0.2) is 0 Å². The fraction of sp³-hybridized carbons (Fsp3) is 0.222. The number of rotatable bonds is 1. The number of benzene rings is 1. The number of hydrogen-bond donors (Lipinski definition) is 0. The van der Waals surface area contributed by atoms with E-state index in [9.17, 15) is 0 Å². The fourth-order valence-electron chi connectivity index (χ4n) is 1.33. The summed E-state index contributed by atoms with van der Waals surface area (Å²) in [5, 5.41) is 8.61. The Morgan fingerprint density at radius 3 is 3.08 bits per heavy atom. The third-order valence-electron chi connectivity index (χ3n) is 1.85. The summed E-state index contributed by atoms with van der Waals surface area (Å²) in [6.45, 7) is 2.00. The molecule has 0 aliphatic carbocycles. The van der Waals surface area contributed by atoms with Crippen molar-refractivity contribution >= 4 is 22.8 Å². The minimum atomic E-state index is 0.406. The predicted octanol–water partition coefficient (Wildman–Crippen LogP) is 2.07. The zero-order valence-electron chi connectivity index (χ0n) is 7.11. The Labute approximate surface area is 80.0 Å². The minimum absolute atomic E-state index is 0.406. The van der Waals surface area contributed by atoms with Crippen LogP contribution in [0.5, 0.6) is 0 Å². The molecule has 0 radical (unpaired) electrons. The summed E-state index contributed by atoms with van der Waals surface area (Å²) in [6.07, 6.45) is 0.406. The number of aryl methyl sites for hydroxylation is 1. The summed E-state index contributed by atoms with van der Waals surface area (Å²) in [4.78, 5) is 0. The first-order valence-electron chi connectivity index (χ1n) is 3.90. The highest BCUT2D eigenvalue weighted by Gasteiger charge is 2.05. The van der Waals surface area contributed by atoms with E-state index in [2.05, 4.69) is 14.8 Å². The van der Waals surface area contributed by atoms with E-state index < -0.39 is 0 Å². The van der Waals surface area contributed by atoms with E-state index in [1.54, 1.807) is 0 Å². The lowest BCUT2D eigenvalue weighted by Crippen LogP contribution is -1.86. The summed E-state index contributed by atoms with van der Waals surface area (Å²) in [7, 11) is 0. The van der Waals surface area contributed by atoms with E-state index in [-0.39, 0.29) is 0 Å². The van der Waals surface area contributed by atoms with Crippen LogP contribution in [0.4, 0.5) is 0 Å². The first-order chi connectivity index (χ1) is 6.31. The lowest BCUT2D eigenvalue weighted by atomic mass is 10.1. The van der Waals surface area contributed by atoms with Crippen molar-refractivity contribution in [1.29, 1.82) is 5.26 Å². The molecule has 3 nitrogen and oxygen atoms in total. The van der Waals surface area contributed by atoms with Gasteiger partial charge in [0.2, 0.25) is 0 Å². The van der Waals surface area contributed by atoms with Crippen LogP contribution in [-0.4, -0.2) is 8.75 Å². The number of hydrogen-bond acceptors (Lipinski definition) is 4. The summed E-state index contributed by atoms with van der Waals surface area (Å²) < 4.78 is 8.30. The highest BCUT2D eigenvalue weighted by Crippen LogP contribution is 2.19. The van der Waals surface area contributed by atoms with Gasteiger partial charge in [0.05, 0.1) is 24.2 Å². The second-order valence-corrected chi connectivity index (χ2v) is 3.42. The van der Waals surface area contributed by atoms with Crippen LogP contribution in [0.25, 0.3) is 11.0 Å². The van der Waals surface area contributed by atoms with Crippen molar-refractivity contribution in [2.75, 3.05) is 0 Å². The molecule has 0 bridgehead atoms. The van der Waals surface area contributed by atoms with Crippen LogP contribution in [0, 0.1) is 18.3 Å². The molecular formula is C9H7N3S. The standard InChI is InChI=1S/C9H7N3S/c1-6-4-7(2-3-10)9-8(5-6)11-13-12-9/h4-5H,2H2,1H3. The molecule has 0 atom stereocenters. The minimum Gasteiger partial charge on any atom is -0.198 e. The smallest absolute Gasteiger partial charge is 0.109 e. The quantitative estimate of drug-likeness (QED) is 0.690. The molecule has 1 aromatic heterocycles. The Kier molecular flexibility index (Phi) is 1.95. The summed E-state index contributed by atoms with van der Waals surface area (Å²) in [5.41, 5.74) is 3.88. The molecule has 0 fully saturated rings. The third kappa shape index (κ3) is 1.38. The largest absolute Gasteiger partial charge is 0.198 e. The van der Waals surface area contributed by atoms with E-state index in [0.717, 1.165) is 22.2 Å². The predicted molar refractivity (Wildman–Crippen MR) is 51.5 cm³/mol. The van der Waals surface area contributed by atoms with Crippen molar-refractivity contribution in [3.63, 3.8) is 0 Å². The molecule has 64 valence electrons. The van der Waals surface area contributed by atoms with Gasteiger partial charge in [-0.05, 0) is 24.1 Å². The molecule has 1 heterocycles. The Balaban J connectivity index is 2.71. The van der Waals surface area contributed by atoms with E-state index in [1.807, 2.05) is 19.1 Å². The van der Waals surface area contributed by atoms with Gasteiger partial charge >= 0.3 is 0 Å². The maximum atomic E-state index is 8.61. The van der Waals surface area contributed by atoms with Gasteiger partial charge < -0.3 is 0 Å². The zero-order valence-corrected chi connectivity index (χ0v) is 7.93. The maximum Gasteiger partial charge on any atom is 0.109 e. The van der Waals surface area contributed by atoms with E-state index in [4.69, 9.17) is 5.26 Å². The molecule has 0 saturated carbocycles.